The van der Waals surface area contributed by atoms with Crippen LogP contribution in [0.2, 0.25) is 0 Å². The molecule has 1 aliphatic rings. The molecule has 7 nitrogen and oxygen atoms in total. The minimum Gasteiger partial charge on any atom is -0.487 e. The van der Waals surface area contributed by atoms with E-state index < -0.39 is 23.3 Å². The van der Waals surface area contributed by atoms with E-state index in [9.17, 15) is 23.2 Å². The molecule has 2 aromatic rings. The standard InChI is InChI=1S/C25H28F2N2O5/c1-5-29(25(2,3)4)24(32)34-20-15-16(26)14-19(27)21(20)33-13-9-8-12-28-22(30)17-10-6-7-11-18(17)23(28)31/h6-7,10-11,14-15H,5,8-9,12-13H2,1-4H3. The number of carbonyl (C=O) groups is 3. The van der Waals surface area contributed by atoms with Crippen LogP contribution in [0.3, 0.4) is 0 Å². The van der Waals surface area contributed by atoms with Gasteiger partial charge in [0.1, 0.15) is 5.82 Å². The van der Waals surface area contributed by atoms with Gasteiger partial charge in [0.2, 0.25) is 0 Å². The lowest BCUT2D eigenvalue weighted by Crippen LogP contribution is -2.46. The van der Waals surface area contributed by atoms with Gasteiger partial charge in [-0.3, -0.25) is 14.5 Å². The molecule has 182 valence electrons. The van der Waals surface area contributed by atoms with Crippen molar-refractivity contribution in [2.24, 2.45) is 0 Å². The van der Waals surface area contributed by atoms with E-state index in [1.165, 1.54) is 9.80 Å². The number of halogens is 2. The SMILES string of the molecule is CCN(C(=O)Oc1cc(F)cc(F)c1OCCCCN1C(=O)c2ccccc2C1=O)C(C)(C)C. The highest BCUT2D eigenvalue weighted by Gasteiger charge is 2.34. The molecular formula is C25H28F2N2O5. The molecule has 9 heteroatoms. The Morgan fingerprint density at radius 3 is 2.21 bits per heavy atom. The van der Waals surface area contributed by atoms with Crippen LogP contribution in [0, 0.1) is 11.6 Å². The van der Waals surface area contributed by atoms with E-state index in [1.54, 1.807) is 31.2 Å². The highest BCUT2D eigenvalue weighted by atomic mass is 19.1. The summed E-state index contributed by atoms with van der Waals surface area (Å²) in [5.41, 5.74) is 0.197. The van der Waals surface area contributed by atoms with Crippen molar-refractivity contribution in [1.82, 2.24) is 9.80 Å². The van der Waals surface area contributed by atoms with Gasteiger partial charge in [0, 0.05) is 30.8 Å². The quantitative estimate of drug-likeness (QED) is 0.396. The third-order valence-electron chi connectivity index (χ3n) is 5.42. The first-order valence-electron chi connectivity index (χ1n) is 11.1. The highest BCUT2D eigenvalue weighted by molar-refractivity contribution is 6.21. The first-order valence-corrected chi connectivity index (χ1v) is 11.1. The van der Waals surface area contributed by atoms with Gasteiger partial charge in [0.25, 0.3) is 11.8 Å². The Labute approximate surface area is 197 Å². The van der Waals surface area contributed by atoms with Crippen LogP contribution < -0.4 is 9.47 Å². The summed E-state index contributed by atoms with van der Waals surface area (Å²) in [6, 6.07) is 8.16. The molecule has 34 heavy (non-hydrogen) atoms. The number of rotatable bonds is 8. The first kappa shape index (κ1) is 25.1. The number of unbranched alkanes of at least 4 members (excludes halogenated alkanes) is 1. The van der Waals surface area contributed by atoms with Crippen LogP contribution in [0.25, 0.3) is 0 Å². The van der Waals surface area contributed by atoms with Crippen LogP contribution >= 0.6 is 0 Å². The van der Waals surface area contributed by atoms with Gasteiger partial charge < -0.3 is 14.4 Å². The largest absolute Gasteiger partial charge is 0.487 e. The van der Waals surface area contributed by atoms with Gasteiger partial charge in [-0.15, -0.1) is 0 Å². The van der Waals surface area contributed by atoms with Crippen LogP contribution in [0.15, 0.2) is 36.4 Å². The molecule has 1 heterocycles. The predicted octanol–water partition coefficient (Wildman–Crippen LogP) is 5.04. The third kappa shape index (κ3) is 5.35. The Bertz CT molecular complexity index is 1060. The molecule has 2 aromatic carbocycles. The molecule has 0 aliphatic carbocycles. The van der Waals surface area contributed by atoms with Crippen LogP contribution in [-0.2, 0) is 0 Å². The molecule has 1 aliphatic heterocycles. The van der Waals surface area contributed by atoms with Gasteiger partial charge in [-0.05, 0) is 52.7 Å². The fourth-order valence-electron chi connectivity index (χ4n) is 3.77. The van der Waals surface area contributed by atoms with Crippen molar-refractivity contribution in [2.45, 2.75) is 46.1 Å². The highest BCUT2D eigenvalue weighted by Crippen LogP contribution is 2.33. The number of fused-ring (bicyclic) bond motifs is 1. The second-order valence-electron chi connectivity index (χ2n) is 8.86. The number of hydrogen-bond donors (Lipinski definition) is 0. The second kappa shape index (κ2) is 10.2. The lowest BCUT2D eigenvalue weighted by Gasteiger charge is -2.33. The Kier molecular flexibility index (Phi) is 7.54. The van der Waals surface area contributed by atoms with E-state index in [4.69, 9.17) is 9.47 Å². The molecule has 3 rings (SSSR count). The lowest BCUT2D eigenvalue weighted by molar-refractivity contribution is 0.0649. The number of hydrogen-bond acceptors (Lipinski definition) is 5. The maximum Gasteiger partial charge on any atom is 0.415 e. The summed E-state index contributed by atoms with van der Waals surface area (Å²) in [5, 5.41) is 0. The van der Waals surface area contributed by atoms with Gasteiger partial charge in [-0.25, -0.2) is 13.6 Å². The summed E-state index contributed by atoms with van der Waals surface area (Å²) in [6.45, 7) is 7.74. The summed E-state index contributed by atoms with van der Waals surface area (Å²) in [4.78, 5) is 40.0. The molecule has 0 fully saturated rings. The summed E-state index contributed by atoms with van der Waals surface area (Å²) < 4.78 is 39.0. The third-order valence-corrected chi connectivity index (χ3v) is 5.42. The number of imide groups is 1. The number of ether oxygens (including phenoxy) is 2. The van der Waals surface area contributed by atoms with Crippen molar-refractivity contribution in [3.8, 4) is 11.5 Å². The van der Waals surface area contributed by atoms with E-state index in [2.05, 4.69) is 0 Å². The van der Waals surface area contributed by atoms with Crippen molar-refractivity contribution >= 4 is 17.9 Å². The van der Waals surface area contributed by atoms with Gasteiger partial charge in [0.15, 0.2) is 17.3 Å². The smallest absolute Gasteiger partial charge is 0.415 e. The predicted molar refractivity (Wildman–Crippen MR) is 121 cm³/mol. The molecule has 0 atom stereocenters. The molecule has 3 amide bonds. The van der Waals surface area contributed by atoms with E-state index >= 15 is 0 Å². The molecule has 0 saturated carbocycles. The number of benzene rings is 2. The zero-order chi connectivity index (χ0) is 25.0. The zero-order valence-electron chi connectivity index (χ0n) is 19.7. The van der Waals surface area contributed by atoms with Gasteiger partial charge in [0.05, 0.1) is 17.7 Å². The summed E-state index contributed by atoms with van der Waals surface area (Å²) in [7, 11) is 0. The monoisotopic (exact) mass is 474 g/mol. The van der Waals surface area contributed by atoms with Crippen molar-refractivity contribution in [3.63, 3.8) is 0 Å². The maximum absolute atomic E-state index is 14.4. The Hall–Kier alpha value is -3.49. The summed E-state index contributed by atoms with van der Waals surface area (Å²) in [5.74, 6) is -3.33. The molecular weight excluding hydrogens is 446 g/mol. The molecule has 0 radical (unpaired) electrons. The van der Waals surface area contributed by atoms with Crippen molar-refractivity contribution in [1.29, 1.82) is 0 Å². The number of amides is 3. The Balaban J connectivity index is 1.59. The van der Waals surface area contributed by atoms with E-state index in [0.717, 1.165) is 6.07 Å². The normalized spacial score (nSPS) is 13.2. The summed E-state index contributed by atoms with van der Waals surface area (Å²) >= 11 is 0. The van der Waals surface area contributed by atoms with Gasteiger partial charge in [-0.1, -0.05) is 12.1 Å². The zero-order valence-corrected chi connectivity index (χ0v) is 19.7. The van der Waals surface area contributed by atoms with Gasteiger partial charge >= 0.3 is 6.09 Å². The fourth-order valence-corrected chi connectivity index (χ4v) is 3.77. The average molecular weight is 475 g/mol. The average Bonchev–Trinajstić information content (AvgIpc) is 2.99. The van der Waals surface area contributed by atoms with Crippen LogP contribution in [0.1, 0.15) is 61.3 Å². The van der Waals surface area contributed by atoms with Crippen LogP contribution in [0.5, 0.6) is 11.5 Å². The fraction of sp³-hybridized carbons (Fsp3) is 0.400. The maximum atomic E-state index is 14.4. The van der Waals surface area contributed by atoms with Gasteiger partial charge in [-0.2, -0.15) is 0 Å². The molecule has 0 aromatic heterocycles. The lowest BCUT2D eigenvalue weighted by atomic mass is 10.1. The van der Waals surface area contributed by atoms with Crippen molar-refractivity contribution in [2.75, 3.05) is 19.7 Å². The molecule has 0 saturated heterocycles. The number of nitrogens with zero attached hydrogens (tertiary/aromatic N) is 2. The molecule has 0 bridgehead atoms. The van der Waals surface area contributed by atoms with E-state index in [-0.39, 0.29) is 36.5 Å². The second-order valence-corrected chi connectivity index (χ2v) is 8.86. The molecule has 0 spiro atoms. The minimum atomic E-state index is -0.998. The van der Waals surface area contributed by atoms with Crippen molar-refractivity contribution < 1.29 is 32.6 Å². The minimum absolute atomic E-state index is 0.00698. The van der Waals surface area contributed by atoms with Crippen LogP contribution in [-0.4, -0.2) is 52.9 Å². The molecule has 0 unspecified atom stereocenters. The van der Waals surface area contributed by atoms with Crippen LogP contribution in [0.4, 0.5) is 13.6 Å². The topological polar surface area (TPSA) is 76.2 Å². The first-order chi connectivity index (χ1) is 16.0. The number of carbonyl (C=O) groups excluding carboxylic acids is 3. The van der Waals surface area contributed by atoms with E-state index in [0.29, 0.717) is 36.6 Å². The Morgan fingerprint density at radius 1 is 1.03 bits per heavy atom. The van der Waals surface area contributed by atoms with Crippen molar-refractivity contribution in [3.05, 3.63) is 59.2 Å². The van der Waals surface area contributed by atoms with E-state index in [1.807, 2.05) is 20.8 Å². The Morgan fingerprint density at radius 2 is 1.65 bits per heavy atom. The molecule has 0 N–H and O–H groups in total. The summed E-state index contributed by atoms with van der Waals surface area (Å²) in [6.07, 6.45) is 0.0352.